The van der Waals surface area contributed by atoms with Gasteiger partial charge in [-0.1, -0.05) is 44.2 Å². The minimum Gasteiger partial charge on any atom is -0.340 e. The van der Waals surface area contributed by atoms with E-state index < -0.39 is 11.2 Å². The number of benzene rings is 1. The van der Waals surface area contributed by atoms with Crippen LogP contribution in [-0.2, 0) is 11.3 Å². The zero-order valence-corrected chi connectivity index (χ0v) is 14.8. The van der Waals surface area contributed by atoms with Gasteiger partial charge in [-0.05, 0) is 17.9 Å². The average molecular weight is 341 g/mol. The number of carbonyl (C=O) groups is 1. The molecule has 0 bridgehead atoms. The Morgan fingerprint density at radius 2 is 1.92 bits per heavy atom. The Labute approximate surface area is 146 Å². The predicted molar refractivity (Wildman–Crippen MR) is 95.6 cm³/mol. The second-order valence-corrected chi connectivity index (χ2v) is 7.43. The molecule has 1 aliphatic rings. The summed E-state index contributed by atoms with van der Waals surface area (Å²) in [5, 5.41) is 0. The first-order chi connectivity index (χ1) is 11.8. The van der Waals surface area contributed by atoms with Gasteiger partial charge in [-0.25, -0.2) is 4.79 Å². The molecule has 1 fully saturated rings. The molecule has 0 spiro atoms. The standard InChI is InChI=1S/C19H23N3O3/c1-13-9-21(18(25)20-17(13)24)11-16(23)22-10-15(19(2,3)12-22)14-7-5-4-6-8-14/h4-9,15H,10-12H2,1-3H3,(H,20,24,25). The molecule has 2 heterocycles. The molecular formula is C19H23N3O3. The third-order valence-electron chi connectivity index (χ3n) is 4.99. The average Bonchev–Trinajstić information content (AvgIpc) is 2.89. The van der Waals surface area contributed by atoms with E-state index in [1.165, 1.54) is 16.3 Å². The maximum absolute atomic E-state index is 12.7. The molecular weight excluding hydrogens is 318 g/mol. The molecule has 0 radical (unpaired) electrons. The largest absolute Gasteiger partial charge is 0.340 e. The molecule has 132 valence electrons. The Hall–Kier alpha value is -2.63. The van der Waals surface area contributed by atoms with Crippen molar-refractivity contribution in [3.8, 4) is 0 Å². The van der Waals surface area contributed by atoms with E-state index in [1.807, 2.05) is 23.1 Å². The van der Waals surface area contributed by atoms with Gasteiger partial charge in [-0.3, -0.25) is 19.1 Å². The number of H-pyrrole nitrogens is 1. The number of hydrogen-bond donors (Lipinski definition) is 1. The Bertz CT molecular complexity index is 896. The molecule has 1 unspecified atom stereocenters. The van der Waals surface area contributed by atoms with Crippen LogP contribution < -0.4 is 11.2 Å². The van der Waals surface area contributed by atoms with E-state index in [1.54, 1.807) is 6.92 Å². The minimum atomic E-state index is -0.554. The molecule has 1 amide bonds. The molecule has 1 aromatic carbocycles. The fourth-order valence-corrected chi connectivity index (χ4v) is 3.55. The fourth-order valence-electron chi connectivity index (χ4n) is 3.55. The summed E-state index contributed by atoms with van der Waals surface area (Å²) in [5.41, 5.74) is 0.626. The zero-order chi connectivity index (χ0) is 18.2. The SMILES string of the molecule is Cc1cn(CC(=O)N2CC(c3ccccc3)C(C)(C)C2)c(=O)[nH]c1=O. The van der Waals surface area contributed by atoms with E-state index >= 15 is 0 Å². The monoisotopic (exact) mass is 341 g/mol. The third-order valence-corrected chi connectivity index (χ3v) is 4.99. The fraction of sp³-hybridized carbons (Fsp3) is 0.421. The van der Waals surface area contributed by atoms with E-state index in [0.717, 1.165) is 0 Å². The number of nitrogens with one attached hydrogen (secondary N) is 1. The summed E-state index contributed by atoms with van der Waals surface area (Å²) < 4.78 is 1.27. The van der Waals surface area contributed by atoms with Gasteiger partial charge >= 0.3 is 5.69 Å². The molecule has 1 saturated heterocycles. The van der Waals surface area contributed by atoms with E-state index in [2.05, 4.69) is 31.0 Å². The van der Waals surface area contributed by atoms with E-state index in [4.69, 9.17) is 0 Å². The van der Waals surface area contributed by atoms with E-state index in [0.29, 0.717) is 18.7 Å². The van der Waals surface area contributed by atoms with Crippen molar-refractivity contribution in [1.29, 1.82) is 0 Å². The highest BCUT2D eigenvalue weighted by Gasteiger charge is 2.41. The highest BCUT2D eigenvalue weighted by atomic mass is 16.2. The molecule has 1 atom stereocenters. The predicted octanol–water partition coefficient (Wildman–Crippen LogP) is 1.50. The lowest BCUT2D eigenvalue weighted by molar-refractivity contribution is -0.131. The summed E-state index contributed by atoms with van der Waals surface area (Å²) in [6.07, 6.45) is 1.44. The molecule has 3 rings (SSSR count). The van der Waals surface area contributed by atoms with Crippen LogP contribution in [0.1, 0.15) is 30.9 Å². The first-order valence-electron chi connectivity index (χ1n) is 8.41. The Kier molecular flexibility index (Phi) is 4.37. The lowest BCUT2D eigenvalue weighted by Gasteiger charge is -2.25. The van der Waals surface area contributed by atoms with Crippen LogP contribution in [0.15, 0.2) is 46.1 Å². The first-order valence-corrected chi connectivity index (χ1v) is 8.41. The molecule has 6 heteroatoms. The molecule has 2 aromatic rings. The molecule has 1 aromatic heterocycles. The van der Waals surface area contributed by atoms with Crippen LogP contribution in [0.4, 0.5) is 0 Å². The number of hydrogen-bond acceptors (Lipinski definition) is 3. The number of likely N-dealkylation sites (tertiary alicyclic amines) is 1. The quantitative estimate of drug-likeness (QED) is 0.919. The lowest BCUT2D eigenvalue weighted by atomic mass is 9.78. The number of nitrogens with zero attached hydrogens (tertiary/aromatic N) is 2. The molecule has 25 heavy (non-hydrogen) atoms. The Morgan fingerprint density at radius 1 is 1.24 bits per heavy atom. The van der Waals surface area contributed by atoms with Gasteiger partial charge in [0.2, 0.25) is 5.91 Å². The summed E-state index contributed by atoms with van der Waals surface area (Å²) in [6.45, 7) is 7.15. The summed E-state index contributed by atoms with van der Waals surface area (Å²) >= 11 is 0. The van der Waals surface area contributed by atoms with Gasteiger partial charge in [0.15, 0.2) is 0 Å². The normalized spacial score (nSPS) is 19.2. The maximum atomic E-state index is 12.7. The molecule has 6 nitrogen and oxygen atoms in total. The Morgan fingerprint density at radius 3 is 2.60 bits per heavy atom. The summed E-state index contributed by atoms with van der Waals surface area (Å²) in [5.74, 6) is 0.145. The smallest absolute Gasteiger partial charge is 0.328 e. The van der Waals surface area contributed by atoms with Gasteiger partial charge in [0.25, 0.3) is 5.56 Å². The highest BCUT2D eigenvalue weighted by molar-refractivity contribution is 5.76. The van der Waals surface area contributed by atoms with Gasteiger partial charge in [-0.15, -0.1) is 0 Å². The second-order valence-electron chi connectivity index (χ2n) is 7.43. The summed E-state index contributed by atoms with van der Waals surface area (Å²) in [6, 6.07) is 10.2. The highest BCUT2D eigenvalue weighted by Crippen LogP contribution is 2.42. The van der Waals surface area contributed by atoms with Gasteiger partial charge in [0.1, 0.15) is 6.54 Å². The van der Waals surface area contributed by atoms with Crippen molar-refractivity contribution >= 4 is 5.91 Å². The first kappa shape index (κ1) is 17.2. The van der Waals surface area contributed by atoms with Gasteiger partial charge in [-0.2, -0.15) is 0 Å². The molecule has 1 aliphatic heterocycles. The molecule has 0 aliphatic carbocycles. The van der Waals surface area contributed by atoms with Gasteiger partial charge < -0.3 is 4.90 Å². The second kappa shape index (κ2) is 6.35. The van der Waals surface area contributed by atoms with Crippen molar-refractivity contribution in [3.63, 3.8) is 0 Å². The lowest BCUT2D eigenvalue weighted by Crippen LogP contribution is -2.38. The van der Waals surface area contributed by atoms with Gasteiger partial charge in [0, 0.05) is 30.8 Å². The van der Waals surface area contributed by atoms with Crippen molar-refractivity contribution in [2.75, 3.05) is 13.1 Å². The third kappa shape index (κ3) is 3.43. The Balaban J connectivity index is 1.79. The van der Waals surface area contributed by atoms with Crippen LogP contribution in [-0.4, -0.2) is 33.4 Å². The van der Waals surface area contributed by atoms with Crippen LogP contribution in [0, 0.1) is 12.3 Å². The van der Waals surface area contributed by atoms with Crippen molar-refractivity contribution in [1.82, 2.24) is 14.5 Å². The van der Waals surface area contributed by atoms with Crippen LogP contribution in [0.5, 0.6) is 0 Å². The van der Waals surface area contributed by atoms with E-state index in [9.17, 15) is 14.4 Å². The minimum absolute atomic E-state index is 0.0388. The number of carbonyl (C=O) groups excluding carboxylic acids is 1. The van der Waals surface area contributed by atoms with Crippen molar-refractivity contribution in [2.24, 2.45) is 5.41 Å². The number of aryl methyl sites for hydroxylation is 1. The van der Waals surface area contributed by atoms with Crippen molar-refractivity contribution < 1.29 is 4.79 Å². The number of rotatable bonds is 3. The van der Waals surface area contributed by atoms with Crippen LogP contribution in [0.2, 0.25) is 0 Å². The summed E-state index contributed by atoms with van der Waals surface area (Å²) in [4.78, 5) is 40.1. The number of amides is 1. The van der Waals surface area contributed by atoms with E-state index in [-0.39, 0.29) is 23.8 Å². The van der Waals surface area contributed by atoms with Crippen molar-refractivity contribution in [2.45, 2.75) is 33.2 Å². The summed E-state index contributed by atoms with van der Waals surface area (Å²) in [7, 11) is 0. The topological polar surface area (TPSA) is 75.2 Å². The van der Waals surface area contributed by atoms with Gasteiger partial charge in [0.05, 0.1) is 0 Å². The van der Waals surface area contributed by atoms with Crippen molar-refractivity contribution in [3.05, 3.63) is 68.5 Å². The number of aromatic amines is 1. The number of aromatic nitrogens is 2. The zero-order valence-electron chi connectivity index (χ0n) is 14.8. The molecule has 1 N–H and O–H groups in total. The maximum Gasteiger partial charge on any atom is 0.328 e. The van der Waals surface area contributed by atoms with Crippen LogP contribution >= 0.6 is 0 Å². The van der Waals surface area contributed by atoms with Crippen LogP contribution in [0.25, 0.3) is 0 Å². The molecule has 0 saturated carbocycles. The van der Waals surface area contributed by atoms with Crippen LogP contribution in [0.3, 0.4) is 0 Å².